The summed E-state index contributed by atoms with van der Waals surface area (Å²) >= 11 is 4.62. The van der Waals surface area contributed by atoms with Gasteiger partial charge in [-0.3, -0.25) is 4.79 Å². The summed E-state index contributed by atoms with van der Waals surface area (Å²) in [6.45, 7) is 9.19. The molecule has 1 unspecified atom stereocenters. The van der Waals surface area contributed by atoms with E-state index >= 15 is 0 Å². The second-order valence-electron chi connectivity index (χ2n) is 8.88. The van der Waals surface area contributed by atoms with Crippen LogP contribution in [0.1, 0.15) is 64.9 Å². The maximum atomic E-state index is 12.9. The summed E-state index contributed by atoms with van der Waals surface area (Å²) in [5.74, 6) is 1.21. The molecule has 1 amide bonds. The van der Waals surface area contributed by atoms with Crippen LogP contribution >= 0.6 is 34.4 Å². The van der Waals surface area contributed by atoms with Gasteiger partial charge < -0.3 is 14.6 Å². The van der Waals surface area contributed by atoms with Gasteiger partial charge in [-0.15, -0.1) is 32.9 Å². The first-order valence-electron chi connectivity index (χ1n) is 12.0. The number of nitrogens with one attached hydrogen (secondary N) is 1. The third-order valence-electron chi connectivity index (χ3n) is 6.34. The van der Waals surface area contributed by atoms with E-state index in [4.69, 9.17) is 4.74 Å². The van der Waals surface area contributed by atoms with E-state index in [2.05, 4.69) is 39.3 Å². The smallest absolute Gasteiger partial charge is 0.341 e. The fourth-order valence-electron chi connectivity index (χ4n) is 4.59. The van der Waals surface area contributed by atoms with Crippen molar-refractivity contribution in [2.45, 2.75) is 71.5 Å². The minimum absolute atomic E-state index is 0.181. The number of thiophene rings is 2. The number of carbonyl (C=O) groups is 2. The van der Waals surface area contributed by atoms with E-state index in [1.807, 2.05) is 25.2 Å². The van der Waals surface area contributed by atoms with Crippen LogP contribution in [0.2, 0.25) is 0 Å². The monoisotopic (exact) mass is 532 g/mol. The van der Waals surface area contributed by atoms with E-state index in [0.717, 1.165) is 53.1 Å². The molecule has 0 radical (unpaired) electrons. The van der Waals surface area contributed by atoms with Gasteiger partial charge in [-0.05, 0) is 56.1 Å². The molecule has 0 aliphatic heterocycles. The second-order valence-corrected chi connectivity index (χ2v) is 12.0. The second kappa shape index (κ2) is 11.3. The number of hydrogen-bond acceptors (Lipinski definition) is 8. The van der Waals surface area contributed by atoms with Crippen LogP contribution in [0.5, 0.6) is 0 Å². The Hall–Kier alpha value is -2.17. The van der Waals surface area contributed by atoms with E-state index in [-0.39, 0.29) is 11.7 Å². The molecule has 1 atom stereocenters. The Balaban J connectivity index is 1.51. The summed E-state index contributed by atoms with van der Waals surface area (Å²) in [6.07, 6.45) is 5.08. The zero-order valence-corrected chi connectivity index (χ0v) is 23.3. The van der Waals surface area contributed by atoms with Gasteiger partial charge in [0.15, 0.2) is 11.0 Å². The van der Waals surface area contributed by atoms with Crippen molar-refractivity contribution in [2.75, 3.05) is 18.2 Å². The molecule has 1 N–H and O–H groups in total. The van der Waals surface area contributed by atoms with E-state index in [1.165, 1.54) is 52.6 Å². The first kappa shape index (κ1) is 25.9. The SMILES string of the molecule is CCCn1c(SCC(=O)Nc2sc(C)c(CC)c2C(=O)OC)nnc1-c1csc2c1CCC(C)C2. The number of anilines is 1. The van der Waals surface area contributed by atoms with Gasteiger partial charge in [0, 0.05) is 27.2 Å². The first-order valence-corrected chi connectivity index (χ1v) is 14.7. The number of thioether (sulfide) groups is 1. The number of rotatable bonds is 9. The summed E-state index contributed by atoms with van der Waals surface area (Å²) in [7, 11) is 1.36. The van der Waals surface area contributed by atoms with Crippen molar-refractivity contribution in [2.24, 2.45) is 5.92 Å². The Labute approximate surface area is 218 Å². The molecule has 0 fully saturated rings. The molecule has 10 heteroatoms. The normalized spacial score (nSPS) is 15.2. The molecule has 188 valence electrons. The number of carbonyl (C=O) groups excluding carboxylic acids is 2. The zero-order valence-electron chi connectivity index (χ0n) is 20.9. The number of fused-ring (bicyclic) bond motifs is 1. The summed E-state index contributed by atoms with van der Waals surface area (Å²) in [5, 5.41) is 15.4. The first-order chi connectivity index (χ1) is 16.9. The third-order valence-corrected chi connectivity index (χ3v) is 9.42. The topological polar surface area (TPSA) is 86.1 Å². The maximum Gasteiger partial charge on any atom is 0.341 e. The molecule has 3 aromatic rings. The van der Waals surface area contributed by atoms with Crippen molar-refractivity contribution in [3.05, 3.63) is 31.8 Å². The van der Waals surface area contributed by atoms with Crippen LogP contribution in [-0.2, 0) is 35.3 Å². The Morgan fingerprint density at radius 2 is 2.11 bits per heavy atom. The van der Waals surface area contributed by atoms with Gasteiger partial charge in [0.2, 0.25) is 5.91 Å². The van der Waals surface area contributed by atoms with Gasteiger partial charge in [0.25, 0.3) is 0 Å². The van der Waals surface area contributed by atoms with Gasteiger partial charge in [-0.1, -0.05) is 32.5 Å². The third kappa shape index (κ3) is 5.34. The quantitative estimate of drug-likeness (QED) is 0.269. The lowest BCUT2D eigenvalue weighted by Crippen LogP contribution is -2.16. The fourth-order valence-corrected chi connectivity index (χ4v) is 7.74. The van der Waals surface area contributed by atoms with Gasteiger partial charge in [0.1, 0.15) is 5.00 Å². The maximum absolute atomic E-state index is 12.9. The Morgan fingerprint density at radius 3 is 2.83 bits per heavy atom. The van der Waals surface area contributed by atoms with Crippen molar-refractivity contribution < 1.29 is 14.3 Å². The number of amides is 1. The van der Waals surface area contributed by atoms with Crippen LogP contribution in [0.15, 0.2) is 10.5 Å². The molecule has 0 saturated heterocycles. The van der Waals surface area contributed by atoms with Crippen LogP contribution in [0.25, 0.3) is 11.4 Å². The lowest BCUT2D eigenvalue weighted by atomic mass is 9.88. The largest absolute Gasteiger partial charge is 0.465 e. The van der Waals surface area contributed by atoms with Crippen molar-refractivity contribution in [1.29, 1.82) is 0 Å². The lowest BCUT2D eigenvalue weighted by Gasteiger charge is -2.19. The highest BCUT2D eigenvalue weighted by atomic mass is 32.2. The van der Waals surface area contributed by atoms with Gasteiger partial charge in [-0.2, -0.15) is 0 Å². The predicted molar refractivity (Wildman–Crippen MR) is 144 cm³/mol. The molecule has 0 bridgehead atoms. The van der Waals surface area contributed by atoms with Crippen molar-refractivity contribution in [3.63, 3.8) is 0 Å². The van der Waals surface area contributed by atoms with E-state index < -0.39 is 5.97 Å². The Kier molecular flexibility index (Phi) is 8.34. The molecule has 4 rings (SSSR count). The fraction of sp³-hybridized carbons (Fsp3) is 0.520. The van der Waals surface area contributed by atoms with Crippen molar-refractivity contribution in [1.82, 2.24) is 14.8 Å². The molecule has 1 aliphatic carbocycles. The van der Waals surface area contributed by atoms with Crippen molar-refractivity contribution >= 4 is 51.3 Å². The summed E-state index contributed by atoms with van der Waals surface area (Å²) in [5.41, 5.74) is 4.00. The molecule has 0 spiro atoms. The molecular weight excluding hydrogens is 501 g/mol. The molecule has 0 saturated carbocycles. The number of nitrogens with zero attached hydrogens (tertiary/aromatic N) is 3. The summed E-state index contributed by atoms with van der Waals surface area (Å²) < 4.78 is 7.10. The minimum atomic E-state index is -0.421. The summed E-state index contributed by atoms with van der Waals surface area (Å²) in [6, 6.07) is 0. The standard InChI is InChI=1S/C25H32N4O3S3/c1-6-10-29-22(18-12-33-19-11-14(3)8-9-17(18)19)27-28-25(29)34-13-20(30)26-23-21(24(31)32-5)16(7-2)15(4)35-23/h12,14H,6-11,13H2,1-5H3,(H,26,30). The Bertz CT molecular complexity index is 1230. The van der Waals surface area contributed by atoms with Crippen molar-refractivity contribution in [3.8, 4) is 11.4 Å². The number of hydrogen-bond donors (Lipinski definition) is 1. The van der Waals surface area contributed by atoms with E-state index in [0.29, 0.717) is 17.0 Å². The number of ether oxygens (including phenoxy) is 1. The highest BCUT2D eigenvalue weighted by Crippen LogP contribution is 2.39. The number of aromatic nitrogens is 3. The van der Waals surface area contributed by atoms with Crippen LogP contribution in [0, 0.1) is 12.8 Å². The molecule has 35 heavy (non-hydrogen) atoms. The molecule has 3 heterocycles. The van der Waals surface area contributed by atoms with Crippen LogP contribution in [0.4, 0.5) is 5.00 Å². The highest BCUT2D eigenvalue weighted by Gasteiger charge is 2.26. The number of esters is 1. The number of aryl methyl sites for hydroxylation is 1. The summed E-state index contributed by atoms with van der Waals surface area (Å²) in [4.78, 5) is 27.7. The zero-order chi connectivity index (χ0) is 25.1. The van der Waals surface area contributed by atoms with Crippen LogP contribution < -0.4 is 5.32 Å². The minimum Gasteiger partial charge on any atom is -0.465 e. The van der Waals surface area contributed by atoms with Crippen LogP contribution in [0.3, 0.4) is 0 Å². The average molecular weight is 533 g/mol. The van der Waals surface area contributed by atoms with Gasteiger partial charge >= 0.3 is 5.97 Å². The molecule has 3 aromatic heterocycles. The Morgan fingerprint density at radius 1 is 1.31 bits per heavy atom. The van der Waals surface area contributed by atoms with E-state index in [9.17, 15) is 9.59 Å². The van der Waals surface area contributed by atoms with Crippen LogP contribution in [-0.4, -0.2) is 39.5 Å². The van der Waals surface area contributed by atoms with Gasteiger partial charge in [-0.25, -0.2) is 4.79 Å². The molecule has 0 aromatic carbocycles. The molecule has 1 aliphatic rings. The van der Waals surface area contributed by atoms with E-state index in [1.54, 1.807) is 0 Å². The predicted octanol–water partition coefficient (Wildman–Crippen LogP) is 5.99. The lowest BCUT2D eigenvalue weighted by molar-refractivity contribution is -0.113. The molecular formula is C25H32N4O3S3. The highest BCUT2D eigenvalue weighted by molar-refractivity contribution is 7.99. The average Bonchev–Trinajstić information content (AvgIpc) is 3.51. The molecule has 7 nitrogen and oxygen atoms in total. The number of methoxy groups -OCH3 is 1. The van der Waals surface area contributed by atoms with Gasteiger partial charge in [0.05, 0.1) is 18.4 Å².